The molecule has 4 N–H and O–H groups in total. The smallest absolute Gasteiger partial charge is 0.316 e. The van der Waals surface area contributed by atoms with Crippen molar-refractivity contribution in [2.24, 2.45) is 0 Å². The number of carboxylic acid groups (broad SMARTS) is 2. The Morgan fingerprint density at radius 3 is 1.12 bits per heavy atom. The Hall–Kier alpha value is -0.440. The summed E-state index contributed by atoms with van der Waals surface area (Å²) in [7, 11) is 0. The van der Waals surface area contributed by atoms with Gasteiger partial charge in [-0.15, -0.1) is 0 Å². The van der Waals surface area contributed by atoms with Crippen LogP contribution in [0.5, 0.6) is 0 Å². The fourth-order valence-electron chi connectivity index (χ4n) is 0. The third-order valence-electron chi connectivity index (χ3n) is 0.979. The molecule has 8 heteroatoms. The van der Waals surface area contributed by atoms with E-state index in [-0.39, 0.29) is 6.61 Å². The lowest BCUT2D eigenvalue weighted by Gasteiger charge is -1.90. The van der Waals surface area contributed by atoms with Gasteiger partial charge in [0.1, 0.15) is 0 Å². The molecule has 0 aromatic rings. The van der Waals surface area contributed by atoms with Gasteiger partial charge < -0.3 is 20.4 Å². The summed E-state index contributed by atoms with van der Waals surface area (Å²) in [4.78, 5) is 19.2. The number of carbonyl (C=O) groups is 2. The van der Waals surface area contributed by atoms with Crippen molar-refractivity contribution in [2.45, 2.75) is 37.4 Å². The predicted octanol–water partition coefficient (Wildman–Crippen LogP) is 0.138. The largest absolute Gasteiger partial charge is 0.480 e. The molecule has 3 atom stereocenters. The van der Waals surface area contributed by atoms with Crippen molar-refractivity contribution in [3.63, 3.8) is 0 Å². The van der Waals surface area contributed by atoms with Crippen molar-refractivity contribution < 1.29 is 30.0 Å². The molecule has 0 bridgehead atoms. The quantitative estimate of drug-likeness (QED) is 0.412. The molecule has 0 aliphatic rings. The van der Waals surface area contributed by atoms with E-state index in [2.05, 4.69) is 25.3 Å². The monoisotopic (exact) mass is 288 g/mol. The van der Waals surface area contributed by atoms with Crippen molar-refractivity contribution in [1.29, 1.82) is 0 Å². The van der Waals surface area contributed by atoms with Gasteiger partial charge in [-0.1, -0.05) is 0 Å². The third kappa shape index (κ3) is 31.3. The topological polar surface area (TPSA) is 115 Å². The number of aliphatic hydroxyl groups excluding tert-OH is 2. The van der Waals surface area contributed by atoms with Gasteiger partial charge >= 0.3 is 11.9 Å². The van der Waals surface area contributed by atoms with Crippen LogP contribution < -0.4 is 0 Å². The van der Waals surface area contributed by atoms with Gasteiger partial charge in [0.15, 0.2) is 0 Å². The average molecular weight is 288 g/mol. The van der Waals surface area contributed by atoms with Crippen LogP contribution in [-0.4, -0.2) is 55.6 Å². The van der Waals surface area contributed by atoms with E-state index in [0.717, 1.165) is 0 Å². The summed E-state index contributed by atoms with van der Waals surface area (Å²) < 4.78 is 0. The molecule has 104 valence electrons. The molecule has 0 heterocycles. The molecular weight excluding hydrogens is 268 g/mol. The van der Waals surface area contributed by atoms with E-state index < -0.39 is 28.5 Å². The first-order valence-electron chi connectivity index (χ1n) is 4.66. The fraction of sp³-hybridized carbons (Fsp3) is 0.778. The number of rotatable bonds is 3. The van der Waals surface area contributed by atoms with Crippen LogP contribution in [0.3, 0.4) is 0 Å². The molecule has 0 aliphatic heterocycles. The summed E-state index contributed by atoms with van der Waals surface area (Å²) in [5.41, 5.74) is 0. The second-order valence-corrected chi connectivity index (χ2v) is 4.61. The van der Waals surface area contributed by atoms with Crippen LogP contribution in [0.15, 0.2) is 0 Å². The van der Waals surface area contributed by atoms with Gasteiger partial charge in [0, 0.05) is 0 Å². The van der Waals surface area contributed by atoms with Crippen LogP contribution in [0, 0.1) is 0 Å². The van der Waals surface area contributed by atoms with Gasteiger partial charge in [-0.3, -0.25) is 9.59 Å². The van der Waals surface area contributed by atoms with Crippen molar-refractivity contribution >= 4 is 37.2 Å². The Bertz CT molecular complexity index is 188. The molecule has 0 aromatic carbocycles. The van der Waals surface area contributed by atoms with Crippen molar-refractivity contribution in [3.8, 4) is 0 Å². The predicted molar refractivity (Wildman–Crippen MR) is 70.9 cm³/mol. The van der Waals surface area contributed by atoms with Crippen molar-refractivity contribution in [3.05, 3.63) is 0 Å². The van der Waals surface area contributed by atoms with E-state index in [1.54, 1.807) is 0 Å². The minimum Gasteiger partial charge on any atom is -0.480 e. The molecule has 6 nitrogen and oxygen atoms in total. The Balaban J connectivity index is -0.000000174. The number of carboxylic acids is 2. The SMILES string of the molecule is CC(O)CO.CC(S)C(=O)O.CC(S)C(=O)O. The highest BCUT2D eigenvalue weighted by Gasteiger charge is 2.00. The number of thiol groups is 2. The molecule has 0 saturated carbocycles. The van der Waals surface area contributed by atoms with Gasteiger partial charge in [-0.25, -0.2) is 0 Å². The maximum atomic E-state index is 9.62. The van der Waals surface area contributed by atoms with Gasteiger partial charge in [0.2, 0.25) is 0 Å². The Kier molecular flexibility index (Phi) is 17.5. The number of hydrogen-bond donors (Lipinski definition) is 6. The molecule has 0 saturated heterocycles. The summed E-state index contributed by atoms with van der Waals surface area (Å²) in [6, 6.07) is 0. The van der Waals surface area contributed by atoms with Crippen LogP contribution in [0.1, 0.15) is 20.8 Å². The standard InChI is InChI=1S/2C3H6O2S.C3H8O2/c2*1-2(6)3(4)5;1-3(5)2-4/h2*2,6H,1H3,(H,4,5);3-5H,2H2,1H3. The van der Waals surface area contributed by atoms with Crippen LogP contribution in [0.25, 0.3) is 0 Å². The first-order chi connectivity index (χ1) is 7.56. The highest BCUT2D eigenvalue weighted by atomic mass is 32.1. The maximum absolute atomic E-state index is 9.62. The van der Waals surface area contributed by atoms with Crippen LogP contribution in [0.2, 0.25) is 0 Å². The summed E-state index contributed by atoms with van der Waals surface area (Å²) >= 11 is 7.19. The zero-order chi connectivity index (χ0) is 14.6. The lowest BCUT2D eigenvalue weighted by atomic mass is 10.5. The Labute approximate surface area is 111 Å². The van der Waals surface area contributed by atoms with E-state index in [4.69, 9.17) is 20.4 Å². The summed E-state index contributed by atoms with van der Waals surface area (Å²) in [5, 5.41) is 30.8. The van der Waals surface area contributed by atoms with Crippen molar-refractivity contribution in [2.75, 3.05) is 6.61 Å². The molecule has 0 rings (SSSR count). The molecule has 17 heavy (non-hydrogen) atoms. The molecule has 3 unspecified atom stereocenters. The Morgan fingerprint density at radius 1 is 1.00 bits per heavy atom. The Morgan fingerprint density at radius 2 is 1.12 bits per heavy atom. The second-order valence-electron chi connectivity index (χ2n) is 3.06. The molecule has 0 aromatic heterocycles. The van der Waals surface area contributed by atoms with Crippen LogP contribution in [-0.2, 0) is 9.59 Å². The molecule has 0 fully saturated rings. The number of aliphatic hydroxyl groups is 2. The normalized spacial score (nSPS) is 14.1. The lowest BCUT2D eigenvalue weighted by molar-refractivity contribution is -0.137. The first-order valence-corrected chi connectivity index (χ1v) is 5.70. The summed E-state index contributed by atoms with van der Waals surface area (Å²) in [5.74, 6) is -1.75. The van der Waals surface area contributed by atoms with Gasteiger partial charge in [0.05, 0.1) is 23.2 Å². The van der Waals surface area contributed by atoms with Gasteiger partial charge in [0.25, 0.3) is 0 Å². The molecular formula is C9H20O6S2. The average Bonchev–Trinajstić information content (AvgIpc) is 2.19. The zero-order valence-electron chi connectivity index (χ0n) is 9.94. The highest BCUT2D eigenvalue weighted by molar-refractivity contribution is 7.81. The summed E-state index contributed by atoms with van der Waals surface area (Å²) in [6.45, 7) is 4.40. The number of aliphatic carboxylic acids is 2. The molecule has 0 amide bonds. The summed E-state index contributed by atoms with van der Waals surface area (Å²) in [6.07, 6.45) is -0.560. The second kappa shape index (κ2) is 13.6. The van der Waals surface area contributed by atoms with Crippen LogP contribution >= 0.6 is 25.3 Å². The first kappa shape index (κ1) is 21.8. The molecule has 0 aliphatic carbocycles. The van der Waals surface area contributed by atoms with E-state index >= 15 is 0 Å². The van der Waals surface area contributed by atoms with Gasteiger partial charge in [-0.05, 0) is 20.8 Å². The van der Waals surface area contributed by atoms with E-state index in [9.17, 15) is 9.59 Å². The van der Waals surface area contributed by atoms with Crippen LogP contribution in [0.4, 0.5) is 0 Å². The fourth-order valence-corrected chi connectivity index (χ4v) is 0. The third-order valence-corrected chi connectivity index (χ3v) is 1.42. The van der Waals surface area contributed by atoms with E-state index in [0.29, 0.717) is 0 Å². The maximum Gasteiger partial charge on any atom is 0.316 e. The minimum atomic E-state index is -0.877. The number of hydrogen-bond acceptors (Lipinski definition) is 6. The van der Waals surface area contributed by atoms with Crippen molar-refractivity contribution in [1.82, 2.24) is 0 Å². The minimum absolute atomic E-state index is 0.139. The van der Waals surface area contributed by atoms with E-state index in [1.165, 1.54) is 20.8 Å². The highest BCUT2D eigenvalue weighted by Crippen LogP contribution is 1.88. The zero-order valence-corrected chi connectivity index (χ0v) is 11.7. The lowest BCUT2D eigenvalue weighted by Crippen LogP contribution is -2.06. The molecule has 0 radical (unpaired) electrons. The van der Waals surface area contributed by atoms with E-state index in [1.807, 2.05) is 0 Å². The van der Waals surface area contributed by atoms with Gasteiger partial charge in [-0.2, -0.15) is 25.3 Å². The molecule has 0 spiro atoms.